The van der Waals surface area contributed by atoms with E-state index < -0.39 is 0 Å². The normalized spacial score (nSPS) is 24.1. The van der Waals surface area contributed by atoms with Crippen molar-refractivity contribution in [1.82, 2.24) is 5.32 Å². The van der Waals surface area contributed by atoms with Crippen LogP contribution < -0.4 is 5.32 Å². The van der Waals surface area contributed by atoms with Crippen LogP contribution in [-0.4, -0.2) is 19.2 Å². The third-order valence-electron chi connectivity index (χ3n) is 3.73. The quantitative estimate of drug-likeness (QED) is 0.778. The minimum absolute atomic E-state index is 0.717. The van der Waals surface area contributed by atoms with E-state index in [9.17, 15) is 0 Å². The van der Waals surface area contributed by atoms with Gasteiger partial charge in [0.25, 0.3) is 0 Å². The van der Waals surface area contributed by atoms with E-state index in [1.165, 1.54) is 31.2 Å². The molecule has 0 aliphatic heterocycles. The summed E-state index contributed by atoms with van der Waals surface area (Å²) in [5.74, 6) is 0.890. The second-order valence-electron chi connectivity index (χ2n) is 5.46. The Morgan fingerprint density at radius 1 is 1.22 bits per heavy atom. The molecule has 100 valence electrons. The molecule has 0 amide bonds. The molecule has 0 spiro atoms. The summed E-state index contributed by atoms with van der Waals surface area (Å²) in [7, 11) is 0. The van der Waals surface area contributed by atoms with Gasteiger partial charge in [0.1, 0.15) is 0 Å². The molecule has 0 heterocycles. The highest BCUT2D eigenvalue weighted by Gasteiger charge is 2.17. The molecular formula is C16H25NO. The summed E-state index contributed by atoms with van der Waals surface area (Å²) in [6, 6.07) is 11.1. The van der Waals surface area contributed by atoms with Crippen LogP contribution in [0.2, 0.25) is 0 Å². The molecule has 2 atom stereocenters. The monoisotopic (exact) mass is 247 g/mol. The third kappa shape index (κ3) is 4.79. The van der Waals surface area contributed by atoms with E-state index in [0.717, 1.165) is 25.7 Å². The highest BCUT2D eigenvalue weighted by molar-refractivity contribution is 5.13. The third-order valence-corrected chi connectivity index (χ3v) is 3.73. The summed E-state index contributed by atoms with van der Waals surface area (Å²) in [6.45, 7) is 4.87. The Labute approximate surface area is 111 Å². The zero-order valence-corrected chi connectivity index (χ0v) is 11.4. The minimum atomic E-state index is 0.717. The lowest BCUT2D eigenvalue weighted by atomic mass is 9.87. The van der Waals surface area contributed by atoms with E-state index in [2.05, 4.69) is 36.5 Å². The largest absolute Gasteiger partial charge is 0.375 e. The van der Waals surface area contributed by atoms with Gasteiger partial charge in [0.2, 0.25) is 0 Å². The average Bonchev–Trinajstić information content (AvgIpc) is 2.40. The summed E-state index contributed by atoms with van der Waals surface area (Å²) in [4.78, 5) is 0. The summed E-state index contributed by atoms with van der Waals surface area (Å²) in [5.41, 5.74) is 1.25. The van der Waals surface area contributed by atoms with Gasteiger partial charge in [0, 0.05) is 12.6 Å². The molecule has 1 N–H and O–H groups in total. The first-order valence-corrected chi connectivity index (χ1v) is 7.19. The molecule has 0 saturated heterocycles. The fourth-order valence-corrected chi connectivity index (χ4v) is 2.72. The second kappa shape index (κ2) is 7.55. The summed E-state index contributed by atoms with van der Waals surface area (Å²) >= 11 is 0. The van der Waals surface area contributed by atoms with Crippen molar-refractivity contribution in [2.45, 2.75) is 45.3 Å². The summed E-state index contributed by atoms with van der Waals surface area (Å²) < 4.78 is 5.68. The molecule has 1 aromatic carbocycles. The van der Waals surface area contributed by atoms with Gasteiger partial charge in [-0.1, -0.05) is 50.1 Å². The lowest BCUT2D eigenvalue weighted by Crippen LogP contribution is -2.35. The van der Waals surface area contributed by atoms with Crippen molar-refractivity contribution >= 4 is 0 Å². The average molecular weight is 247 g/mol. The Morgan fingerprint density at radius 3 is 2.83 bits per heavy atom. The summed E-state index contributed by atoms with van der Waals surface area (Å²) in [5, 5.41) is 3.61. The predicted octanol–water partition coefficient (Wildman–Crippen LogP) is 3.37. The first kappa shape index (κ1) is 13.6. The van der Waals surface area contributed by atoms with E-state index in [1.54, 1.807) is 0 Å². The van der Waals surface area contributed by atoms with Crippen molar-refractivity contribution in [1.29, 1.82) is 0 Å². The number of rotatable bonds is 6. The van der Waals surface area contributed by atoms with E-state index in [0.29, 0.717) is 6.04 Å². The Hall–Kier alpha value is -0.860. The Balaban J connectivity index is 1.53. The zero-order chi connectivity index (χ0) is 12.6. The molecule has 2 unspecified atom stereocenters. The van der Waals surface area contributed by atoms with Crippen molar-refractivity contribution < 1.29 is 4.74 Å². The van der Waals surface area contributed by atoms with Gasteiger partial charge in [0.15, 0.2) is 0 Å². The van der Waals surface area contributed by atoms with Crippen molar-refractivity contribution in [2.24, 2.45) is 5.92 Å². The first-order valence-electron chi connectivity index (χ1n) is 7.19. The smallest absolute Gasteiger partial charge is 0.0717 e. The SMILES string of the molecule is CC1CCCC(NCCOCc2ccccc2)C1. The molecule has 18 heavy (non-hydrogen) atoms. The molecule has 2 heteroatoms. The van der Waals surface area contributed by atoms with Crippen LogP contribution in [0, 0.1) is 5.92 Å². The lowest BCUT2D eigenvalue weighted by Gasteiger charge is -2.27. The molecule has 1 saturated carbocycles. The maximum absolute atomic E-state index is 5.68. The molecule has 1 fully saturated rings. The fourth-order valence-electron chi connectivity index (χ4n) is 2.72. The van der Waals surface area contributed by atoms with Crippen LogP contribution in [0.15, 0.2) is 30.3 Å². The minimum Gasteiger partial charge on any atom is -0.375 e. The van der Waals surface area contributed by atoms with Crippen LogP contribution in [0.1, 0.15) is 38.2 Å². The van der Waals surface area contributed by atoms with Gasteiger partial charge >= 0.3 is 0 Å². The van der Waals surface area contributed by atoms with Gasteiger partial charge in [-0.2, -0.15) is 0 Å². The van der Waals surface area contributed by atoms with Crippen LogP contribution in [-0.2, 0) is 11.3 Å². The van der Waals surface area contributed by atoms with Crippen molar-refractivity contribution in [2.75, 3.05) is 13.2 Å². The second-order valence-corrected chi connectivity index (χ2v) is 5.46. The number of hydrogen-bond donors (Lipinski definition) is 1. The number of nitrogens with one attached hydrogen (secondary N) is 1. The zero-order valence-electron chi connectivity index (χ0n) is 11.4. The fraction of sp³-hybridized carbons (Fsp3) is 0.625. The molecule has 0 bridgehead atoms. The van der Waals surface area contributed by atoms with Crippen LogP contribution >= 0.6 is 0 Å². The van der Waals surface area contributed by atoms with Crippen LogP contribution in [0.3, 0.4) is 0 Å². The van der Waals surface area contributed by atoms with E-state index >= 15 is 0 Å². The van der Waals surface area contributed by atoms with Gasteiger partial charge in [-0.3, -0.25) is 0 Å². The van der Waals surface area contributed by atoms with Gasteiger partial charge in [-0.05, 0) is 24.3 Å². The number of ether oxygens (including phenoxy) is 1. The van der Waals surface area contributed by atoms with E-state index in [4.69, 9.17) is 4.74 Å². The molecule has 2 nitrogen and oxygen atoms in total. The molecule has 1 aliphatic carbocycles. The highest BCUT2D eigenvalue weighted by atomic mass is 16.5. The Kier molecular flexibility index (Phi) is 5.69. The number of benzene rings is 1. The van der Waals surface area contributed by atoms with Crippen molar-refractivity contribution in [3.8, 4) is 0 Å². The van der Waals surface area contributed by atoms with Gasteiger partial charge in [-0.25, -0.2) is 0 Å². The highest BCUT2D eigenvalue weighted by Crippen LogP contribution is 2.23. The summed E-state index contributed by atoms with van der Waals surface area (Å²) in [6.07, 6.45) is 5.45. The number of hydrogen-bond acceptors (Lipinski definition) is 2. The molecule has 1 aliphatic rings. The molecular weight excluding hydrogens is 222 g/mol. The molecule has 2 rings (SSSR count). The van der Waals surface area contributed by atoms with Crippen LogP contribution in [0.25, 0.3) is 0 Å². The topological polar surface area (TPSA) is 21.3 Å². The van der Waals surface area contributed by atoms with Crippen LogP contribution in [0.5, 0.6) is 0 Å². The van der Waals surface area contributed by atoms with Gasteiger partial charge < -0.3 is 10.1 Å². The molecule has 0 aromatic heterocycles. The Morgan fingerprint density at radius 2 is 2.06 bits per heavy atom. The van der Waals surface area contributed by atoms with E-state index in [1.807, 2.05) is 6.07 Å². The standard InChI is InChI=1S/C16H25NO/c1-14-6-5-9-16(12-14)17-10-11-18-13-15-7-3-2-4-8-15/h2-4,7-8,14,16-17H,5-6,9-13H2,1H3. The van der Waals surface area contributed by atoms with Gasteiger partial charge in [0.05, 0.1) is 13.2 Å². The van der Waals surface area contributed by atoms with Crippen molar-refractivity contribution in [3.05, 3.63) is 35.9 Å². The maximum Gasteiger partial charge on any atom is 0.0717 e. The first-order chi connectivity index (χ1) is 8.84. The molecule has 0 radical (unpaired) electrons. The predicted molar refractivity (Wildman–Crippen MR) is 75.5 cm³/mol. The lowest BCUT2D eigenvalue weighted by molar-refractivity contribution is 0.118. The van der Waals surface area contributed by atoms with Gasteiger partial charge in [-0.15, -0.1) is 0 Å². The Bertz CT molecular complexity index is 325. The van der Waals surface area contributed by atoms with Crippen LogP contribution in [0.4, 0.5) is 0 Å². The van der Waals surface area contributed by atoms with Crippen molar-refractivity contribution in [3.63, 3.8) is 0 Å². The molecule has 1 aromatic rings. The van der Waals surface area contributed by atoms with E-state index in [-0.39, 0.29) is 0 Å². The maximum atomic E-state index is 5.68.